The molecule has 152 valence electrons. The molecule has 2 rings (SSSR count). The lowest BCUT2D eigenvalue weighted by Crippen LogP contribution is -2.42. The molecule has 0 aliphatic heterocycles. The minimum atomic E-state index is -3.89. The smallest absolute Gasteiger partial charge is 0.243 e. The molecule has 28 heavy (non-hydrogen) atoms. The van der Waals surface area contributed by atoms with Crippen LogP contribution in [0.3, 0.4) is 0 Å². The molecule has 2 aromatic carbocycles. The molecule has 0 unspecified atom stereocenters. The summed E-state index contributed by atoms with van der Waals surface area (Å²) in [6.07, 6.45) is 0. The van der Waals surface area contributed by atoms with Crippen molar-refractivity contribution in [1.29, 1.82) is 0 Å². The maximum Gasteiger partial charge on any atom is 0.243 e. The van der Waals surface area contributed by atoms with E-state index in [-0.39, 0.29) is 29.3 Å². The number of carbonyl (C=O) groups is 1. The van der Waals surface area contributed by atoms with E-state index in [1.54, 1.807) is 36.4 Å². The van der Waals surface area contributed by atoms with Gasteiger partial charge in [0.15, 0.2) is 0 Å². The average Bonchev–Trinajstić information content (AvgIpc) is 2.61. The summed E-state index contributed by atoms with van der Waals surface area (Å²) >= 11 is 12.1. The van der Waals surface area contributed by atoms with E-state index in [0.29, 0.717) is 22.2 Å². The molecule has 0 saturated carbocycles. The van der Waals surface area contributed by atoms with Crippen LogP contribution in [0.1, 0.15) is 26.3 Å². The number of amides is 1. The number of hydrogen-bond donors (Lipinski definition) is 1. The third-order valence-corrected chi connectivity index (χ3v) is 6.27. The first kappa shape index (κ1) is 22.7. The van der Waals surface area contributed by atoms with Crippen LogP contribution in [0.15, 0.2) is 53.4 Å². The van der Waals surface area contributed by atoms with Crippen LogP contribution in [0, 0.1) is 5.41 Å². The van der Waals surface area contributed by atoms with Gasteiger partial charge in [-0.25, -0.2) is 8.42 Å². The topological polar surface area (TPSA) is 66.5 Å². The molecule has 0 fully saturated rings. The number of nitrogens with one attached hydrogen (secondary N) is 1. The van der Waals surface area contributed by atoms with Crippen molar-refractivity contribution in [3.63, 3.8) is 0 Å². The molecule has 2 aromatic rings. The lowest BCUT2D eigenvalue weighted by atomic mass is 9.97. The molecule has 5 nitrogen and oxygen atoms in total. The Hall–Kier alpha value is -1.60. The maximum absolute atomic E-state index is 13.1. The number of halogens is 2. The number of benzene rings is 2. The fourth-order valence-corrected chi connectivity index (χ4v) is 4.25. The van der Waals surface area contributed by atoms with Crippen molar-refractivity contribution in [2.24, 2.45) is 5.41 Å². The van der Waals surface area contributed by atoms with Crippen LogP contribution in [-0.4, -0.2) is 31.7 Å². The van der Waals surface area contributed by atoms with Crippen molar-refractivity contribution in [1.82, 2.24) is 9.62 Å². The van der Waals surface area contributed by atoms with Gasteiger partial charge >= 0.3 is 0 Å². The van der Waals surface area contributed by atoms with Gasteiger partial charge in [-0.2, -0.15) is 4.31 Å². The maximum atomic E-state index is 13.1. The van der Waals surface area contributed by atoms with Gasteiger partial charge in [-0.05, 0) is 35.2 Å². The molecular formula is C20H24Cl2N2O3S. The highest BCUT2D eigenvalue weighted by atomic mass is 35.5. The number of hydrogen-bond acceptors (Lipinski definition) is 3. The van der Waals surface area contributed by atoms with E-state index in [1.807, 2.05) is 20.8 Å². The standard InChI is InChI=1S/C20H24Cl2N2O3S/c1-20(2,3)14-23-19(25)13-24(12-15-9-10-16(21)11-18(15)22)28(26,27)17-7-5-4-6-8-17/h4-11H,12-14H2,1-3H3,(H,23,25). The Morgan fingerprint density at radius 2 is 1.71 bits per heavy atom. The first-order chi connectivity index (χ1) is 13.0. The van der Waals surface area contributed by atoms with Crippen molar-refractivity contribution >= 4 is 39.1 Å². The Bertz CT molecular complexity index is 926. The number of sulfonamides is 1. The Morgan fingerprint density at radius 1 is 1.07 bits per heavy atom. The lowest BCUT2D eigenvalue weighted by Gasteiger charge is -2.24. The predicted molar refractivity (Wildman–Crippen MR) is 113 cm³/mol. The average molecular weight is 443 g/mol. The Balaban J connectivity index is 2.31. The fraction of sp³-hybridized carbons (Fsp3) is 0.350. The molecule has 8 heteroatoms. The van der Waals surface area contributed by atoms with Gasteiger partial charge < -0.3 is 5.32 Å². The van der Waals surface area contributed by atoms with Crippen LogP contribution < -0.4 is 5.32 Å². The zero-order chi connectivity index (χ0) is 20.9. The zero-order valence-corrected chi connectivity index (χ0v) is 18.4. The van der Waals surface area contributed by atoms with Gasteiger partial charge in [-0.15, -0.1) is 0 Å². The van der Waals surface area contributed by atoms with Crippen molar-refractivity contribution in [3.05, 3.63) is 64.1 Å². The third kappa shape index (κ3) is 6.48. The van der Waals surface area contributed by atoms with Gasteiger partial charge in [0.25, 0.3) is 0 Å². The van der Waals surface area contributed by atoms with Gasteiger partial charge in [-0.3, -0.25) is 4.79 Å². The SMILES string of the molecule is CC(C)(C)CNC(=O)CN(Cc1ccc(Cl)cc1Cl)S(=O)(=O)c1ccccc1. The third-order valence-electron chi connectivity index (χ3n) is 3.88. The molecule has 1 amide bonds. The van der Waals surface area contributed by atoms with Crippen LogP contribution in [0.4, 0.5) is 0 Å². The molecule has 0 atom stereocenters. The van der Waals surface area contributed by atoms with Crippen LogP contribution >= 0.6 is 23.2 Å². The first-order valence-corrected chi connectivity index (χ1v) is 10.9. The molecule has 1 N–H and O–H groups in total. The van der Waals surface area contributed by atoms with Gasteiger partial charge in [-0.1, -0.05) is 68.2 Å². The molecule has 0 radical (unpaired) electrons. The quantitative estimate of drug-likeness (QED) is 0.692. The molecule has 0 aliphatic rings. The van der Waals surface area contributed by atoms with E-state index in [1.165, 1.54) is 12.1 Å². The van der Waals surface area contributed by atoms with Crippen molar-refractivity contribution in [2.75, 3.05) is 13.1 Å². The van der Waals surface area contributed by atoms with Crippen LogP contribution in [-0.2, 0) is 21.4 Å². The largest absolute Gasteiger partial charge is 0.354 e. The second-order valence-corrected chi connectivity index (χ2v) is 10.4. The van der Waals surface area contributed by atoms with E-state index in [4.69, 9.17) is 23.2 Å². The highest BCUT2D eigenvalue weighted by Crippen LogP contribution is 2.25. The summed E-state index contributed by atoms with van der Waals surface area (Å²) < 4.78 is 27.4. The number of nitrogens with zero attached hydrogens (tertiary/aromatic N) is 1. The highest BCUT2D eigenvalue weighted by molar-refractivity contribution is 7.89. The second kappa shape index (κ2) is 9.27. The van der Waals surface area contributed by atoms with Crippen LogP contribution in [0.5, 0.6) is 0 Å². The summed E-state index contributed by atoms with van der Waals surface area (Å²) in [4.78, 5) is 12.6. The van der Waals surface area contributed by atoms with Gasteiger partial charge in [0.2, 0.25) is 15.9 Å². The summed E-state index contributed by atoms with van der Waals surface area (Å²) in [5, 5.41) is 3.58. The predicted octanol–water partition coefficient (Wildman–Crippen LogP) is 4.35. The molecule has 0 spiro atoms. The Morgan fingerprint density at radius 3 is 2.29 bits per heavy atom. The molecule has 0 aromatic heterocycles. The molecular weight excluding hydrogens is 419 g/mol. The summed E-state index contributed by atoms with van der Waals surface area (Å²) in [6.45, 7) is 6.03. The van der Waals surface area contributed by atoms with Gasteiger partial charge in [0, 0.05) is 23.1 Å². The summed E-state index contributed by atoms with van der Waals surface area (Å²) in [5.41, 5.74) is 0.451. The van der Waals surface area contributed by atoms with Gasteiger partial charge in [0.05, 0.1) is 11.4 Å². The van der Waals surface area contributed by atoms with Crippen LogP contribution in [0.2, 0.25) is 10.0 Å². The number of carbonyl (C=O) groups excluding carboxylic acids is 1. The van der Waals surface area contributed by atoms with E-state index in [2.05, 4.69) is 5.32 Å². The van der Waals surface area contributed by atoms with Crippen molar-refractivity contribution in [3.8, 4) is 0 Å². The lowest BCUT2D eigenvalue weighted by molar-refractivity contribution is -0.121. The Kier molecular flexibility index (Phi) is 7.51. The van der Waals surface area contributed by atoms with E-state index < -0.39 is 10.0 Å². The minimum absolute atomic E-state index is 0.0455. The Labute approximate surface area is 176 Å². The molecule has 0 bridgehead atoms. The normalized spacial score (nSPS) is 12.2. The molecule has 0 saturated heterocycles. The summed E-state index contributed by atoms with van der Waals surface area (Å²) in [5.74, 6) is -0.375. The summed E-state index contributed by atoms with van der Waals surface area (Å²) in [6, 6.07) is 12.8. The minimum Gasteiger partial charge on any atom is -0.354 e. The van der Waals surface area contributed by atoms with Crippen LogP contribution in [0.25, 0.3) is 0 Å². The van der Waals surface area contributed by atoms with E-state index in [0.717, 1.165) is 4.31 Å². The van der Waals surface area contributed by atoms with E-state index in [9.17, 15) is 13.2 Å². The fourth-order valence-electron chi connectivity index (χ4n) is 2.39. The molecule has 0 aliphatic carbocycles. The number of rotatable bonds is 7. The van der Waals surface area contributed by atoms with E-state index >= 15 is 0 Å². The monoisotopic (exact) mass is 442 g/mol. The van der Waals surface area contributed by atoms with Crippen molar-refractivity contribution in [2.45, 2.75) is 32.2 Å². The highest BCUT2D eigenvalue weighted by Gasteiger charge is 2.27. The second-order valence-electron chi connectivity index (χ2n) is 7.66. The zero-order valence-electron chi connectivity index (χ0n) is 16.1. The van der Waals surface area contributed by atoms with Crippen molar-refractivity contribution < 1.29 is 13.2 Å². The first-order valence-electron chi connectivity index (χ1n) is 8.75. The summed E-state index contributed by atoms with van der Waals surface area (Å²) in [7, 11) is -3.89. The van der Waals surface area contributed by atoms with Gasteiger partial charge in [0.1, 0.15) is 0 Å². The molecule has 0 heterocycles.